The van der Waals surface area contributed by atoms with Crippen LogP contribution in [0.4, 0.5) is 0 Å². The first-order valence-corrected chi connectivity index (χ1v) is 9.34. The highest BCUT2D eigenvalue weighted by Gasteiger charge is 2.11. The predicted octanol–water partition coefficient (Wildman–Crippen LogP) is 4.35. The predicted molar refractivity (Wildman–Crippen MR) is 95.9 cm³/mol. The fourth-order valence-corrected chi connectivity index (χ4v) is 3.20. The number of hydrogen-bond donors (Lipinski definition) is 0. The van der Waals surface area contributed by atoms with Crippen molar-refractivity contribution in [2.75, 3.05) is 0 Å². The van der Waals surface area contributed by atoms with E-state index in [1.54, 1.807) is 42.5 Å². The number of hydrogen-bond acceptors (Lipinski definition) is 3. The minimum absolute atomic E-state index is 0.0627. The van der Waals surface area contributed by atoms with Gasteiger partial charge >= 0.3 is 0 Å². The standard InChI is InChI=1S/C17H18BrNO3S/c1-12(2)22-17-9-6-14(10-16(17)18)11-19-23(20,21)15-7-4-13(3)5-8-15/h4-12H,1-3H3/b19-11-. The fraction of sp³-hybridized carbons (Fsp3) is 0.235. The van der Waals surface area contributed by atoms with Crippen LogP contribution >= 0.6 is 15.9 Å². The summed E-state index contributed by atoms with van der Waals surface area (Å²) in [5.41, 5.74) is 1.67. The zero-order chi connectivity index (χ0) is 17.0. The van der Waals surface area contributed by atoms with Crippen molar-refractivity contribution < 1.29 is 13.2 Å². The average Bonchev–Trinajstić information content (AvgIpc) is 2.48. The highest BCUT2D eigenvalue weighted by molar-refractivity contribution is 9.10. The topological polar surface area (TPSA) is 55.7 Å². The summed E-state index contributed by atoms with van der Waals surface area (Å²) in [4.78, 5) is 0.179. The van der Waals surface area contributed by atoms with E-state index in [9.17, 15) is 8.42 Å². The Bertz CT molecular complexity index is 812. The number of benzene rings is 2. The number of ether oxygens (including phenoxy) is 1. The summed E-state index contributed by atoms with van der Waals surface area (Å²) in [5, 5.41) is 0. The van der Waals surface area contributed by atoms with E-state index >= 15 is 0 Å². The lowest BCUT2D eigenvalue weighted by atomic mass is 10.2. The SMILES string of the molecule is Cc1ccc(S(=O)(=O)/N=C\c2ccc(OC(C)C)c(Br)c2)cc1. The molecular weight excluding hydrogens is 378 g/mol. The second-order valence-corrected chi connectivity index (χ2v) is 7.87. The van der Waals surface area contributed by atoms with Gasteiger partial charge in [-0.15, -0.1) is 0 Å². The lowest BCUT2D eigenvalue weighted by Gasteiger charge is -2.11. The Labute approximate surface area is 145 Å². The third-order valence-electron chi connectivity index (χ3n) is 2.98. The Morgan fingerprint density at radius 2 is 1.78 bits per heavy atom. The van der Waals surface area contributed by atoms with Crippen LogP contribution in [0.25, 0.3) is 0 Å². The summed E-state index contributed by atoms with van der Waals surface area (Å²) >= 11 is 3.41. The molecule has 0 N–H and O–H groups in total. The van der Waals surface area contributed by atoms with Crippen molar-refractivity contribution in [1.82, 2.24) is 0 Å². The van der Waals surface area contributed by atoms with Gasteiger partial charge in [-0.1, -0.05) is 17.7 Å². The first kappa shape index (κ1) is 17.7. The Balaban J connectivity index is 2.22. The minimum Gasteiger partial charge on any atom is -0.490 e. The van der Waals surface area contributed by atoms with Gasteiger partial charge in [0.1, 0.15) is 5.75 Å². The van der Waals surface area contributed by atoms with Gasteiger partial charge in [0.15, 0.2) is 0 Å². The maximum absolute atomic E-state index is 12.2. The molecule has 0 fully saturated rings. The van der Waals surface area contributed by atoms with Gasteiger partial charge in [-0.3, -0.25) is 0 Å². The molecule has 0 bridgehead atoms. The minimum atomic E-state index is -3.69. The van der Waals surface area contributed by atoms with Gasteiger partial charge in [-0.2, -0.15) is 12.8 Å². The highest BCUT2D eigenvalue weighted by Crippen LogP contribution is 2.26. The Hall–Kier alpha value is -1.66. The highest BCUT2D eigenvalue weighted by atomic mass is 79.9. The average molecular weight is 396 g/mol. The quantitative estimate of drug-likeness (QED) is 0.706. The van der Waals surface area contributed by atoms with E-state index in [0.29, 0.717) is 11.3 Å². The molecule has 2 aromatic carbocycles. The molecule has 0 aliphatic rings. The van der Waals surface area contributed by atoms with Crippen molar-refractivity contribution in [1.29, 1.82) is 0 Å². The number of aryl methyl sites for hydroxylation is 1. The number of sulfonamides is 1. The van der Waals surface area contributed by atoms with Crippen LogP contribution in [0.15, 0.2) is 56.2 Å². The van der Waals surface area contributed by atoms with E-state index in [1.807, 2.05) is 20.8 Å². The molecular formula is C17H18BrNO3S. The molecule has 2 rings (SSSR count). The molecule has 0 amide bonds. The van der Waals surface area contributed by atoms with Gasteiger partial charge in [0.05, 0.1) is 15.5 Å². The zero-order valence-corrected chi connectivity index (χ0v) is 15.6. The molecule has 0 aliphatic carbocycles. The lowest BCUT2D eigenvalue weighted by molar-refractivity contribution is 0.241. The number of rotatable bonds is 5. The molecule has 2 aromatic rings. The normalized spacial score (nSPS) is 12.0. The third-order valence-corrected chi connectivity index (χ3v) is 4.85. The van der Waals surface area contributed by atoms with Crippen molar-refractivity contribution in [3.63, 3.8) is 0 Å². The monoisotopic (exact) mass is 395 g/mol. The summed E-state index contributed by atoms with van der Waals surface area (Å²) in [7, 11) is -3.69. The molecule has 0 saturated heterocycles. The van der Waals surface area contributed by atoms with Crippen molar-refractivity contribution in [2.24, 2.45) is 4.40 Å². The molecule has 4 nitrogen and oxygen atoms in total. The molecule has 0 spiro atoms. The molecule has 122 valence electrons. The summed E-state index contributed by atoms with van der Waals surface area (Å²) < 4.78 is 34.5. The van der Waals surface area contributed by atoms with E-state index in [1.165, 1.54) is 6.21 Å². The first-order chi connectivity index (χ1) is 10.8. The second kappa shape index (κ2) is 7.27. The number of nitrogens with zero attached hydrogens (tertiary/aromatic N) is 1. The summed E-state index contributed by atoms with van der Waals surface area (Å²) in [6.45, 7) is 5.78. The Morgan fingerprint density at radius 1 is 1.13 bits per heavy atom. The summed E-state index contributed by atoms with van der Waals surface area (Å²) in [5.74, 6) is 0.707. The number of halogens is 1. The molecule has 0 aromatic heterocycles. The fourth-order valence-electron chi connectivity index (χ4n) is 1.85. The van der Waals surface area contributed by atoms with Gasteiger partial charge < -0.3 is 4.74 Å². The lowest BCUT2D eigenvalue weighted by Crippen LogP contribution is -2.06. The van der Waals surface area contributed by atoms with E-state index < -0.39 is 10.0 Å². The molecule has 0 saturated carbocycles. The smallest absolute Gasteiger partial charge is 0.282 e. The van der Waals surface area contributed by atoms with Crippen LogP contribution in [-0.4, -0.2) is 20.7 Å². The van der Waals surface area contributed by atoms with Gasteiger partial charge in [0.2, 0.25) is 0 Å². The Morgan fingerprint density at radius 3 is 2.35 bits per heavy atom. The Kier molecular flexibility index (Phi) is 5.59. The largest absolute Gasteiger partial charge is 0.490 e. The van der Waals surface area contributed by atoms with Crippen LogP contribution in [0.5, 0.6) is 5.75 Å². The van der Waals surface area contributed by atoms with E-state index in [4.69, 9.17) is 4.74 Å². The maximum atomic E-state index is 12.2. The van der Waals surface area contributed by atoms with Crippen molar-refractivity contribution in [3.05, 3.63) is 58.1 Å². The van der Waals surface area contributed by atoms with Crippen LogP contribution in [0.2, 0.25) is 0 Å². The molecule has 23 heavy (non-hydrogen) atoms. The van der Waals surface area contributed by atoms with Gasteiger partial charge in [-0.05, 0) is 72.6 Å². The molecule has 6 heteroatoms. The first-order valence-electron chi connectivity index (χ1n) is 7.11. The van der Waals surface area contributed by atoms with Crippen LogP contribution in [0.3, 0.4) is 0 Å². The van der Waals surface area contributed by atoms with E-state index in [2.05, 4.69) is 20.3 Å². The van der Waals surface area contributed by atoms with Gasteiger partial charge in [0, 0.05) is 6.21 Å². The van der Waals surface area contributed by atoms with Crippen LogP contribution < -0.4 is 4.74 Å². The van der Waals surface area contributed by atoms with Crippen LogP contribution in [0.1, 0.15) is 25.0 Å². The van der Waals surface area contributed by atoms with E-state index in [-0.39, 0.29) is 11.0 Å². The zero-order valence-electron chi connectivity index (χ0n) is 13.2. The van der Waals surface area contributed by atoms with Crippen molar-refractivity contribution in [3.8, 4) is 5.75 Å². The molecule has 0 heterocycles. The summed E-state index contributed by atoms with van der Waals surface area (Å²) in [6, 6.07) is 11.9. The molecule has 0 unspecified atom stereocenters. The van der Waals surface area contributed by atoms with Gasteiger partial charge in [-0.25, -0.2) is 0 Å². The molecule has 0 atom stereocenters. The second-order valence-electron chi connectivity index (χ2n) is 5.38. The van der Waals surface area contributed by atoms with Crippen molar-refractivity contribution in [2.45, 2.75) is 31.8 Å². The molecule has 0 aliphatic heterocycles. The van der Waals surface area contributed by atoms with Crippen LogP contribution in [-0.2, 0) is 10.0 Å². The van der Waals surface area contributed by atoms with Crippen molar-refractivity contribution >= 4 is 32.2 Å². The van der Waals surface area contributed by atoms with Crippen LogP contribution in [0, 0.1) is 6.92 Å². The third kappa shape index (κ3) is 4.91. The van der Waals surface area contributed by atoms with Gasteiger partial charge in [0.25, 0.3) is 10.0 Å². The summed E-state index contributed by atoms with van der Waals surface area (Å²) in [6.07, 6.45) is 1.40. The van der Waals surface area contributed by atoms with E-state index in [0.717, 1.165) is 10.0 Å². The molecule has 0 radical (unpaired) electrons. The maximum Gasteiger partial charge on any atom is 0.282 e.